The monoisotopic (exact) mass is 406 g/mol. The maximum Gasteiger partial charge on any atom is 0.267 e. The Morgan fingerprint density at radius 3 is 1.41 bits per heavy atom. The summed E-state index contributed by atoms with van der Waals surface area (Å²) in [5, 5.41) is 9.47. The average Bonchev–Trinajstić information content (AvgIpc) is 2.61. The van der Waals surface area contributed by atoms with Crippen molar-refractivity contribution in [2.75, 3.05) is 0 Å². The van der Waals surface area contributed by atoms with Gasteiger partial charge in [-0.25, -0.2) is 0 Å². The Morgan fingerprint density at radius 2 is 0.963 bits per heavy atom. The van der Waals surface area contributed by atoms with Crippen LogP contribution in [0.4, 0.5) is 0 Å². The molecule has 0 aromatic carbocycles. The lowest BCUT2D eigenvalue weighted by Crippen LogP contribution is -2.20. The van der Waals surface area contributed by atoms with Gasteiger partial charge in [-0.15, -0.1) is 0 Å². The molecule has 0 fully saturated rings. The molecule has 0 bridgehead atoms. The predicted molar refractivity (Wildman–Crippen MR) is 116 cm³/mol. The lowest BCUT2D eigenvalue weighted by molar-refractivity contribution is 0.147. The lowest BCUT2D eigenvalue weighted by atomic mass is 10.0. The SMILES string of the molecule is CCCCCCCCCCC(O)CCCCCCC(CCCC)S(=O)(=O)O. The fourth-order valence-corrected chi connectivity index (χ4v) is 4.57. The standard InChI is InChI=1S/C22H46O4S/c1-3-5-7-8-9-10-11-14-17-21(23)18-15-12-13-16-20-22(19-6-4-2)27(24,25)26/h21-23H,3-20H2,1-2H3,(H,24,25,26). The summed E-state index contributed by atoms with van der Waals surface area (Å²) in [6.07, 6.45) is 18.7. The van der Waals surface area contributed by atoms with Crippen LogP contribution in [0.1, 0.15) is 129 Å². The number of unbranched alkanes of at least 4 members (excludes halogenated alkanes) is 11. The van der Waals surface area contributed by atoms with E-state index in [1.54, 1.807) is 0 Å². The minimum atomic E-state index is -3.91. The third kappa shape index (κ3) is 17.7. The zero-order valence-electron chi connectivity index (χ0n) is 18.0. The second-order valence-corrected chi connectivity index (χ2v) is 9.88. The van der Waals surface area contributed by atoms with Crippen LogP contribution < -0.4 is 0 Å². The van der Waals surface area contributed by atoms with Crippen molar-refractivity contribution in [1.82, 2.24) is 0 Å². The maximum absolute atomic E-state index is 11.4. The first-order valence-electron chi connectivity index (χ1n) is 11.6. The van der Waals surface area contributed by atoms with Crippen LogP contribution >= 0.6 is 0 Å². The number of aliphatic hydroxyl groups is 1. The topological polar surface area (TPSA) is 74.6 Å². The van der Waals surface area contributed by atoms with Crippen molar-refractivity contribution in [3.05, 3.63) is 0 Å². The molecule has 4 nitrogen and oxygen atoms in total. The molecule has 2 atom stereocenters. The maximum atomic E-state index is 11.4. The molecule has 0 aliphatic rings. The minimum Gasteiger partial charge on any atom is -0.393 e. The fraction of sp³-hybridized carbons (Fsp3) is 1.00. The highest BCUT2D eigenvalue weighted by Crippen LogP contribution is 2.18. The van der Waals surface area contributed by atoms with Gasteiger partial charge in [-0.1, -0.05) is 104 Å². The lowest BCUT2D eigenvalue weighted by Gasteiger charge is -2.13. The van der Waals surface area contributed by atoms with E-state index in [4.69, 9.17) is 0 Å². The van der Waals surface area contributed by atoms with E-state index in [9.17, 15) is 18.1 Å². The first kappa shape index (κ1) is 26.9. The summed E-state index contributed by atoms with van der Waals surface area (Å²) in [6.45, 7) is 4.27. The van der Waals surface area contributed by atoms with E-state index < -0.39 is 15.4 Å². The molecular formula is C22H46O4S. The van der Waals surface area contributed by atoms with Gasteiger partial charge in [-0.2, -0.15) is 8.42 Å². The van der Waals surface area contributed by atoms with Crippen LogP contribution in [0.2, 0.25) is 0 Å². The van der Waals surface area contributed by atoms with Gasteiger partial charge in [-0.05, 0) is 25.7 Å². The number of rotatable bonds is 20. The molecule has 5 heteroatoms. The van der Waals surface area contributed by atoms with Gasteiger partial charge in [0.05, 0.1) is 11.4 Å². The van der Waals surface area contributed by atoms with Crippen LogP contribution in [-0.2, 0) is 10.1 Å². The van der Waals surface area contributed by atoms with Crippen molar-refractivity contribution in [2.24, 2.45) is 0 Å². The number of hydrogen-bond acceptors (Lipinski definition) is 3. The van der Waals surface area contributed by atoms with Crippen LogP contribution in [0.3, 0.4) is 0 Å². The second kappa shape index (κ2) is 17.9. The van der Waals surface area contributed by atoms with Crippen molar-refractivity contribution in [3.8, 4) is 0 Å². The van der Waals surface area contributed by atoms with E-state index in [1.165, 1.54) is 44.9 Å². The van der Waals surface area contributed by atoms with Gasteiger partial charge in [0.15, 0.2) is 0 Å². The highest BCUT2D eigenvalue weighted by atomic mass is 32.2. The van der Waals surface area contributed by atoms with Gasteiger partial charge in [0, 0.05) is 0 Å². The molecule has 0 heterocycles. The molecule has 0 rings (SSSR count). The molecule has 2 N–H and O–H groups in total. The van der Waals surface area contributed by atoms with Gasteiger partial charge in [0.25, 0.3) is 10.1 Å². The fourth-order valence-electron chi connectivity index (χ4n) is 3.64. The van der Waals surface area contributed by atoms with Gasteiger partial charge in [0.1, 0.15) is 0 Å². The quantitative estimate of drug-likeness (QED) is 0.175. The van der Waals surface area contributed by atoms with Gasteiger partial charge in [0.2, 0.25) is 0 Å². The molecule has 0 amide bonds. The van der Waals surface area contributed by atoms with Crippen molar-refractivity contribution in [3.63, 3.8) is 0 Å². The number of aliphatic hydroxyl groups excluding tert-OH is 1. The normalized spacial score (nSPS) is 14.4. The van der Waals surface area contributed by atoms with Gasteiger partial charge >= 0.3 is 0 Å². The summed E-state index contributed by atoms with van der Waals surface area (Å²) >= 11 is 0. The van der Waals surface area contributed by atoms with Crippen LogP contribution in [-0.4, -0.2) is 29.4 Å². The molecule has 0 aromatic rings. The minimum absolute atomic E-state index is 0.180. The Labute approximate surface area is 169 Å². The molecule has 0 radical (unpaired) electrons. The highest BCUT2D eigenvalue weighted by Gasteiger charge is 2.21. The average molecular weight is 407 g/mol. The summed E-state index contributed by atoms with van der Waals surface area (Å²) in [5.74, 6) is 0. The van der Waals surface area contributed by atoms with E-state index in [0.717, 1.165) is 57.8 Å². The molecule has 0 aliphatic heterocycles. The second-order valence-electron chi connectivity index (χ2n) is 8.19. The van der Waals surface area contributed by atoms with Gasteiger partial charge in [-0.3, -0.25) is 4.55 Å². The molecule has 0 saturated carbocycles. The van der Waals surface area contributed by atoms with Crippen LogP contribution in [0.25, 0.3) is 0 Å². The van der Waals surface area contributed by atoms with Crippen molar-refractivity contribution in [2.45, 2.75) is 141 Å². The Bertz CT molecular complexity index is 409. The van der Waals surface area contributed by atoms with Crippen LogP contribution in [0.5, 0.6) is 0 Å². The van der Waals surface area contributed by atoms with E-state index in [1.807, 2.05) is 6.92 Å². The smallest absolute Gasteiger partial charge is 0.267 e. The molecule has 2 unspecified atom stereocenters. The van der Waals surface area contributed by atoms with E-state index in [-0.39, 0.29) is 6.10 Å². The van der Waals surface area contributed by atoms with E-state index in [2.05, 4.69) is 6.92 Å². The molecule has 27 heavy (non-hydrogen) atoms. The first-order valence-corrected chi connectivity index (χ1v) is 13.1. The summed E-state index contributed by atoms with van der Waals surface area (Å²) in [4.78, 5) is 0. The zero-order chi connectivity index (χ0) is 20.4. The van der Waals surface area contributed by atoms with Gasteiger partial charge < -0.3 is 5.11 Å². The van der Waals surface area contributed by atoms with Crippen molar-refractivity contribution in [1.29, 1.82) is 0 Å². The van der Waals surface area contributed by atoms with Crippen molar-refractivity contribution >= 4 is 10.1 Å². The van der Waals surface area contributed by atoms with Crippen LogP contribution in [0, 0.1) is 0 Å². The number of hydrogen-bond donors (Lipinski definition) is 2. The van der Waals surface area contributed by atoms with Crippen LogP contribution in [0.15, 0.2) is 0 Å². The Balaban J connectivity index is 3.55. The predicted octanol–water partition coefficient (Wildman–Crippen LogP) is 6.67. The zero-order valence-corrected chi connectivity index (χ0v) is 18.8. The van der Waals surface area contributed by atoms with E-state index in [0.29, 0.717) is 12.8 Å². The summed E-state index contributed by atoms with van der Waals surface area (Å²) in [7, 11) is -3.91. The Morgan fingerprint density at radius 1 is 0.593 bits per heavy atom. The molecule has 164 valence electrons. The molecule has 0 spiro atoms. The Hall–Kier alpha value is -0.130. The molecule has 0 aromatic heterocycles. The molecule has 0 saturated heterocycles. The molecular weight excluding hydrogens is 360 g/mol. The van der Waals surface area contributed by atoms with E-state index >= 15 is 0 Å². The van der Waals surface area contributed by atoms with Crippen molar-refractivity contribution < 1.29 is 18.1 Å². The Kier molecular flexibility index (Phi) is 17.8. The largest absolute Gasteiger partial charge is 0.393 e. The summed E-state index contributed by atoms with van der Waals surface area (Å²) in [5.41, 5.74) is 0. The third-order valence-electron chi connectivity index (χ3n) is 5.51. The first-order chi connectivity index (χ1) is 12.9. The highest BCUT2D eigenvalue weighted by molar-refractivity contribution is 7.86. The summed E-state index contributed by atoms with van der Waals surface area (Å²) < 4.78 is 32.1. The summed E-state index contributed by atoms with van der Waals surface area (Å²) in [6, 6.07) is 0. The third-order valence-corrected chi connectivity index (χ3v) is 6.82. The molecule has 0 aliphatic carbocycles.